The SMILES string of the molecule is COSP(=S)(SOC)SC(CC(=O)O)C(=O)O. The van der Waals surface area contributed by atoms with Gasteiger partial charge in [-0.15, -0.1) is 0 Å². The molecule has 0 saturated carbocycles. The Balaban J connectivity index is 4.73. The topological polar surface area (TPSA) is 93.1 Å². The van der Waals surface area contributed by atoms with E-state index in [1.165, 1.54) is 14.2 Å². The Morgan fingerprint density at radius 2 is 1.76 bits per heavy atom. The van der Waals surface area contributed by atoms with E-state index < -0.39 is 27.3 Å². The molecule has 0 rings (SSSR count). The fourth-order valence-electron chi connectivity index (χ4n) is 0.714. The second-order valence-corrected chi connectivity index (χ2v) is 17.4. The van der Waals surface area contributed by atoms with Crippen LogP contribution in [0.15, 0.2) is 0 Å². The second-order valence-electron chi connectivity index (χ2n) is 2.46. The van der Waals surface area contributed by atoms with E-state index in [-0.39, 0.29) is 0 Å². The lowest BCUT2D eigenvalue weighted by molar-refractivity contribution is -0.142. The minimum atomic E-state index is -2.39. The summed E-state index contributed by atoms with van der Waals surface area (Å²) in [6.45, 7) is 0. The summed E-state index contributed by atoms with van der Waals surface area (Å²) in [5.41, 5.74) is 0. The smallest absolute Gasteiger partial charge is 0.317 e. The van der Waals surface area contributed by atoms with Crippen LogP contribution in [0.1, 0.15) is 6.42 Å². The average Bonchev–Trinajstić information content (AvgIpc) is 2.16. The first-order valence-corrected chi connectivity index (χ1v) is 11.0. The van der Waals surface area contributed by atoms with E-state index in [4.69, 9.17) is 30.4 Å². The highest BCUT2D eigenvalue weighted by molar-refractivity contribution is 9.22. The van der Waals surface area contributed by atoms with Gasteiger partial charge in [0.1, 0.15) is 5.25 Å². The largest absolute Gasteiger partial charge is 0.481 e. The first kappa shape index (κ1) is 17.6. The van der Waals surface area contributed by atoms with E-state index in [2.05, 4.69) is 0 Å². The third-order valence-corrected chi connectivity index (χ3v) is 11.9. The van der Waals surface area contributed by atoms with Crippen molar-refractivity contribution in [3.8, 4) is 0 Å². The summed E-state index contributed by atoms with van der Waals surface area (Å²) in [6, 6.07) is 0. The van der Waals surface area contributed by atoms with Crippen LogP contribution >= 0.6 is 38.4 Å². The fraction of sp³-hybridized carbons (Fsp3) is 0.667. The third kappa shape index (κ3) is 7.55. The van der Waals surface area contributed by atoms with Crippen molar-refractivity contribution in [1.82, 2.24) is 0 Å². The van der Waals surface area contributed by atoms with Crippen LogP contribution in [-0.4, -0.2) is 41.6 Å². The van der Waals surface area contributed by atoms with Gasteiger partial charge in [-0.05, 0) is 0 Å². The number of aliphatic carboxylic acids is 2. The Hall–Kier alpha value is 0.560. The van der Waals surface area contributed by atoms with E-state index in [0.29, 0.717) is 0 Å². The zero-order chi connectivity index (χ0) is 13.5. The molecule has 1 unspecified atom stereocenters. The summed E-state index contributed by atoms with van der Waals surface area (Å²) in [5.74, 6) is -2.39. The Morgan fingerprint density at radius 1 is 1.29 bits per heavy atom. The van der Waals surface area contributed by atoms with E-state index in [9.17, 15) is 9.59 Å². The van der Waals surface area contributed by atoms with Crippen LogP contribution in [0.5, 0.6) is 0 Å². The van der Waals surface area contributed by atoms with Crippen molar-refractivity contribution in [2.75, 3.05) is 14.2 Å². The number of carboxylic acids is 2. The summed E-state index contributed by atoms with van der Waals surface area (Å²) in [5, 5.41) is 16.4. The van der Waals surface area contributed by atoms with Gasteiger partial charge in [-0.3, -0.25) is 9.59 Å². The lowest BCUT2D eigenvalue weighted by atomic mass is 10.3. The van der Waals surface area contributed by atoms with Gasteiger partial charge in [0.15, 0.2) is 3.64 Å². The van der Waals surface area contributed by atoms with Crippen LogP contribution in [0.4, 0.5) is 0 Å². The number of carboxylic acid groups (broad SMARTS) is 2. The Labute approximate surface area is 116 Å². The summed E-state index contributed by atoms with van der Waals surface area (Å²) in [4.78, 5) is 21.4. The van der Waals surface area contributed by atoms with Crippen molar-refractivity contribution >= 4 is 62.1 Å². The molecule has 100 valence electrons. The molecule has 0 amide bonds. The molecule has 0 aliphatic carbocycles. The van der Waals surface area contributed by atoms with E-state index in [0.717, 1.165) is 34.7 Å². The molecule has 6 nitrogen and oxygen atoms in total. The molecule has 0 saturated heterocycles. The highest BCUT2D eigenvalue weighted by atomic mass is 33.5. The van der Waals surface area contributed by atoms with Gasteiger partial charge in [0.25, 0.3) is 0 Å². The molecule has 2 N–H and O–H groups in total. The van der Waals surface area contributed by atoms with Gasteiger partial charge in [-0.25, -0.2) is 0 Å². The first-order valence-electron chi connectivity index (χ1n) is 4.02. The lowest BCUT2D eigenvalue weighted by Gasteiger charge is -2.19. The van der Waals surface area contributed by atoms with E-state index in [1.54, 1.807) is 0 Å². The molecule has 0 aromatic heterocycles. The molecule has 17 heavy (non-hydrogen) atoms. The molecule has 0 aliphatic heterocycles. The van der Waals surface area contributed by atoms with Crippen molar-refractivity contribution in [3.05, 3.63) is 0 Å². The van der Waals surface area contributed by atoms with Gasteiger partial charge < -0.3 is 18.6 Å². The maximum Gasteiger partial charge on any atom is 0.317 e. The number of rotatable bonds is 9. The van der Waals surface area contributed by atoms with Crippen molar-refractivity contribution in [2.45, 2.75) is 11.7 Å². The van der Waals surface area contributed by atoms with Gasteiger partial charge in [0, 0.05) is 0 Å². The van der Waals surface area contributed by atoms with E-state index >= 15 is 0 Å². The van der Waals surface area contributed by atoms with Crippen molar-refractivity contribution in [2.24, 2.45) is 0 Å². The predicted molar refractivity (Wildman–Crippen MR) is 74.8 cm³/mol. The molecular formula is C6H11O6PS4. The number of carbonyl (C=O) groups is 2. The molecule has 1 atom stereocenters. The molecule has 0 spiro atoms. The quantitative estimate of drug-likeness (QED) is 0.482. The Morgan fingerprint density at radius 3 is 2.06 bits per heavy atom. The van der Waals surface area contributed by atoms with Gasteiger partial charge in [0.2, 0.25) is 0 Å². The highest BCUT2D eigenvalue weighted by Gasteiger charge is 2.32. The van der Waals surface area contributed by atoms with Gasteiger partial charge in [-0.2, -0.15) is 0 Å². The molecule has 0 bridgehead atoms. The molecule has 0 aromatic rings. The van der Waals surface area contributed by atoms with Crippen molar-refractivity contribution in [3.63, 3.8) is 0 Å². The second kappa shape index (κ2) is 8.63. The van der Waals surface area contributed by atoms with Crippen LogP contribution in [-0.2, 0) is 29.8 Å². The summed E-state index contributed by atoms with van der Waals surface area (Å²) >= 11 is 8.03. The third-order valence-electron chi connectivity index (χ3n) is 1.22. The minimum Gasteiger partial charge on any atom is -0.481 e. The zero-order valence-electron chi connectivity index (χ0n) is 8.89. The van der Waals surface area contributed by atoms with Crippen LogP contribution < -0.4 is 0 Å². The zero-order valence-corrected chi connectivity index (χ0v) is 13.1. The Bertz CT molecular complexity index is 314. The molecular weight excluding hydrogens is 327 g/mol. The maximum absolute atomic E-state index is 10.9. The van der Waals surface area contributed by atoms with Gasteiger partial charge in [0.05, 0.1) is 44.0 Å². The molecule has 0 aliphatic rings. The van der Waals surface area contributed by atoms with E-state index in [1.807, 2.05) is 0 Å². The normalized spacial score (nSPS) is 13.3. The fourth-order valence-corrected chi connectivity index (χ4v) is 11.6. The van der Waals surface area contributed by atoms with Crippen molar-refractivity contribution in [1.29, 1.82) is 0 Å². The van der Waals surface area contributed by atoms with Gasteiger partial charge >= 0.3 is 11.9 Å². The first-order chi connectivity index (χ1) is 7.84. The number of hydrogen-bond acceptors (Lipinski definition) is 8. The summed E-state index contributed by atoms with van der Waals surface area (Å²) in [6.07, 6.45) is -0.493. The molecule has 0 radical (unpaired) electrons. The van der Waals surface area contributed by atoms with Crippen LogP contribution in [0.2, 0.25) is 0 Å². The minimum absolute atomic E-state index is 0.493. The molecule has 0 fully saturated rings. The highest BCUT2D eigenvalue weighted by Crippen LogP contribution is 2.79. The van der Waals surface area contributed by atoms with Crippen LogP contribution in [0.3, 0.4) is 0 Å². The monoisotopic (exact) mass is 338 g/mol. The van der Waals surface area contributed by atoms with Crippen molar-refractivity contribution < 1.29 is 28.2 Å². The standard InChI is InChI=1S/C6H11O6PS4/c1-11-16-13(14,17-12-2)15-4(6(9)10)3-5(7)8/h4H,3H2,1-2H3,(H,7,8)(H,9,10). The van der Waals surface area contributed by atoms with Gasteiger partial charge in [-0.1, -0.05) is 23.2 Å². The molecule has 11 heteroatoms. The van der Waals surface area contributed by atoms with Crippen LogP contribution in [0, 0.1) is 0 Å². The number of hydrogen-bond donors (Lipinski definition) is 2. The summed E-state index contributed by atoms with van der Waals surface area (Å²) < 4.78 is 7.30. The summed E-state index contributed by atoms with van der Waals surface area (Å²) in [7, 11) is 2.82. The maximum atomic E-state index is 10.9. The average molecular weight is 338 g/mol. The van der Waals surface area contributed by atoms with Crippen LogP contribution in [0.25, 0.3) is 0 Å². The molecule has 0 heterocycles. The Kier molecular flexibility index (Phi) is 8.91. The predicted octanol–water partition coefficient (Wildman–Crippen LogP) is 2.46. The molecule has 0 aromatic carbocycles. The lowest BCUT2D eigenvalue weighted by Crippen LogP contribution is -2.19.